The molecule has 3 rings (SSSR count). The molecule has 2 N–H and O–H groups in total. The molecule has 2 aromatic rings. The predicted octanol–water partition coefficient (Wildman–Crippen LogP) is 2.51. The van der Waals surface area contributed by atoms with Crippen molar-refractivity contribution in [1.82, 2.24) is 4.72 Å². The van der Waals surface area contributed by atoms with Crippen molar-refractivity contribution in [1.29, 1.82) is 0 Å². The Morgan fingerprint density at radius 2 is 1.65 bits per heavy atom. The molecule has 0 fully saturated rings. The van der Waals surface area contributed by atoms with Crippen LogP contribution >= 0.6 is 0 Å². The molecule has 0 heterocycles. The highest BCUT2D eigenvalue weighted by molar-refractivity contribution is 7.89. The summed E-state index contributed by atoms with van der Waals surface area (Å²) < 4.78 is 33.6. The monoisotopic (exact) mass is 375 g/mol. The fraction of sp³-hybridized carbons (Fsp3) is 0.400. The van der Waals surface area contributed by atoms with Gasteiger partial charge in [-0.05, 0) is 55.2 Å². The first-order chi connectivity index (χ1) is 12.2. The van der Waals surface area contributed by atoms with E-state index in [-0.39, 0.29) is 11.4 Å². The van der Waals surface area contributed by atoms with Crippen molar-refractivity contribution in [3.63, 3.8) is 0 Å². The van der Waals surface area contributed by atoms with Crippen LogP contribution < -0.4 is 9.46 Å². The molecular weight excluding hydrogens is 350 g/mol. The molecule has 0 aliphatic heterocycles. The highest BCUT2D eigenvalue weighted by atomic mass is 32.2. The molecule has 1 aliphatic rings. The molecule has 0 amide bonds. The maximum Gasteiger partial charge on any atom is 0.240 e. The Labute approximate surface area is 155 Å². The number of hydrogen-bond donors (Lipinski definition) is 2. The van der Waals surface area contributed by atoms with Crippen LogP contribution in [0.4, 0.5) is 0 Å². The first-order valence-electron chi connectivity index (χ1n) is 8.77. The summed E-state index contributed by atoms with van der Waals surface area (Å²) in [4.78, 5) is 0.190. The van der Waals surface area contributed by atoms with E-state index in [2.05, 4.69) is 4.72 Å². The van der Waals surface area contributed by atoms with Gasteiger partial charge in [-0.25, -0.2) is 13.1 Å². The molecule has 5 nitrogen and oxygen atoms in total. The smallest absolute Gasteiger partial charge is 0.240 e. The van der Waals surface area contributed by atoms with Crippen LogP contribution in [0.25, 0.3) is 0 Å². The maximum absolute atomic E-state index is 12.7. The van der Waals surface area contributed by atoms with Crippen LogP contribution in [0.3, 0.4) is 0 Å². The summed E-state index contributed by atoms with van der Waals surface area (Å²) in [5.74, 6) is 0.719. The predicted molar refractivity (Wildman–Crippen MR) is 101 cm³/mol. The number of benzene rings is 2. The van der Waals surface area contributed by atoms with E-state index in [0.29, 0.717) is 19.4 Å². The van der Waals surface area contributed by atoms with Gasteiger partial charge in [-0.1, -0.05) is 24.3 Å². The quantitative estimate of drug-likeness (QED) is 0.813. The van der Waals surface area contributed by atoms with Crippen LogP contribution in [0.1, 0.15) is 29.2 Å². The molecule has 0 saturated heterocycles. The van der Waals surface area contributed by atoms with Gasteiger partial charge in [-0.15, -0.1) is 0 Å². The zero-order valence-corrected chi connectivity index (χ0v) is 16.2. The van der Waals surface area contributed by atoms with Crippen molar-refractivity contribution in [2.45, 2.75) is 44.1 Å². The van der Waals surface area contributed by atoms with E-state index in [4.69, 9.17) is 4.74 Å². The first-order valence-corrected chi connectivity index (χ1v) is 10.3. The summed E-state index contributed by atoms with van der Waals surface area (Å²) in [6.07, 6.45) is 0.903. The van der Waals surface area contributed by atoms with Gasteiger partial charge in [0, 0.05) is 19.4 Å². The normalized spacial score (nSPS) is 15.7. The molecule has 0 saturated carbocycles. The number of aryl methyl sites for hydroxylation is 2. The molecule has 0 bridgehead atoms. The third-order valence-electron chi connectivity index (χ3n) is 4.78. The fourth-order valence-electron chi connectivity index (χ4n) is 3.55. The lowest BCUT2D eigenvalue weighted by Crippen LogP contribution is -2.43. The van der Waals surface area contributed by atoms with Gasteiger partial charge in [0.1, 0.15) is 5.75 Å². The summed E-state index contributed by atoms with van der Waals surface area (Å²) in [6.45, 7) is 6.07. The third-order valence-corrected chi connectivity index (χ3v) is 6.16. The van der Waals surface area contributed by atoms with Crippen LogP contribution in [-0.2, 0) is 22.9 Å². The van der Waals surface area contributed by atoms with Crippen molar-refractivity contribution in [3.05, 3.63) is 58.7 Å². The second kappa shape index (κ2) is 7.02. The van der Waals surface area contributed by atoms with E-state index in [1.165, 1.54) is 0 Å². The molecule has 26 heavy (non-hydrogen) atoms. The Hall–Kier alpha value is -1.89. The minimum Gasteiger partial charge on any atom is -0.493 e. The molecule has 2 aromatic carbocycles. The van der Waals surface area contributed by atoms with E-state index in [1.807, 2.05) is 45.0 Å². The average Bonchev–Trinajstić information content (AvgIpc) is 2.93. The van der Waals surface area contributed by atoms with Crippen LogP contribution in [-0.4, -0.2) is 32.3 Å². The van der Waals surface area contributed by atoms with Crippen LogP contribution in [0.15, 0.2) is 41.3 Å². The third kappa shape index (κ3) is 3.77. The van der Waals surface area contributed by atoms with E-state index >= 15 is 0 Å². The Morgan fingerprint density at radius 3 is 2.15 bits per heavy atom. The first kappa shape index (κ1) is 18.9. The summed E-state index contributed by atoms with van der Waals surface area (Å²) in [5, 5.41) is 10.8. The largest absolute Gasteiger partial charge is 0.493 e. The van der Waals surface area contributed by atoms with Crippen molar-refractivity contribution < 1.29 is 18.3 Å². The number of rotatable bonds is 6. The molecule has 0 atom stereocenters. The molecule has 140 valence electrons. The molecule has 0 aromatic heterocycles. The lowest BCUT2D eigenvalue weighted by molar-refractivity contribution is 0.0567. The van der Waals surface area contributed by atoms with Crippen molar-refractivity contribution in [2.75, 3.05) is 13.2 Å². The summed E-state index contributed by atoms with van der Waals surface area (Å²) >= 11 is 0. The summed E-state index contributed by atoms with van der Waals surface area (Å²) in [7, 11) is -3.72. The minimum atomic E-state index is -3.72. The molecule has 0 unspecified atom stereocenters. The van der Waals surface area contributed by atoms with Gasteiger partial charge in [0.05, 0.1) is 17.1 Å². The topological polar surface area (TPSA) is 75.6 Å². The number of fused-ring (bicyclic) bond motifs is 1. The molecule has 0 spiro atoms. The second-order valence-corrected chi connectivity index (χ2v) is 8.76. The van der Waals surface area contributed by atoms with E-state index in [9.17, 15) is 13.5 Å². The van der Waals surface area contributed by atoms with Gasteiger partial charge in [0.2, 0.25) is 10.0 Å². The van der Waals surface area contributed by atoms with E-state index in [0.717, 1.165) is 28.0 Å². The Bertz CT molecular complexity index is 873. The van der Waals surface area contributed by atoms with Crippen molar-refractivity contribution in [3.8, 4) is 5.75 Å². The van der Waals surface area contributed by atoms with Gasteiger partial charge in [-0.3, -0.25) is 0 Å². The molecule has 6 heteroatoms. The maximum atomic E-state index is 12.7. The highest BCUT2D eigenvalue weighted by Gasteiger charge is 2.36. The summed E-state index contributed by atoms with van der Waals surface area (Å²) in [5.41, 5.74) is 2.61. The second-order valence-electron chi connectivity index (χ2n) is 6.99. The van der Waals surface area contributed by atoms with E-state index < -0.39 is 15.6 Å². The number of aliphatic hydroxyl groups is 1. The van der Waals surface area contributed by atoms with Gasteiger partial charge in [0.25, 0.3) is 0 Å². The van der Waals surface area contributed by atoms with Gasteiger partial charge < -0.3 is 9.84 Å². The zero-order chi connectivity index (χ0) is 18.9. The molecule has 1 aliphatic carbocycles. The fourth-order valence-corrected chi connectivity index (χ4v) is 4.84. The van der Waals surface area contributed by atoms with Crippen molar-refractivity contribution >= 4 is 10.0 Å². The highest BCUT2D eigenvalue weighted by Crippen LogP contribution is 2.30. The summed E-state index contributed by atoms with van der Waals surface area (Å²) in [6, 6.07) is 11.0. The van der Waals surface area contributed by atoms with Crippen LogP contribution in [0.5, 0.6) is 5.75 Å². The standard InChI is InChI=1S/C20H25NO4S/c1-4-25-19-14(2)9-18(10-15(19)3)26(23,24)21-13-20(22)11-16-7-5-6-8-17(16)12-20/h5-10,21-22H,4,11-13H2,1-3H3. The average molecular weight is 375 g/mol. The van der Waals surface area contributed by atoms with Gasteiger partial charge in [-0.2, -0.15) is 0 Å². The lowest BCUT2D eigenvalue weighted by atomic mass is 10.0. The zero-order valence-electron chi connectivity index (χ0n) is 15.4. The lowest BCUT2D eigenvalue weighted by Gasteiger charge is -2.23. The van der Waals surface area contributed by atoms with Crippen LogP contribution in [0.2, 0.25) is 0 Å². The van der Waals surface area contributed by atoms with E-state index in [1.54, 1.807) is 12.1 Å². The number of hydrogen-bond acceptors (Lipinski definition) is 4. The molecule has 0 radical (unpaired) electrons. The Morgan fingerprint density at radius 1 is 1.12 bits per heavy atom. The van der Waals surface area contributed by atoms with Crippen molar-refractivity contribution in [2.24, 2.45) is 0 Å². The van der Waals surface area contributed by atoms with Gasteiger partial charge >= 0.3 is 0 Å². The molecular formula is C20H25NO4S. The Balaban J connectivity index is 1.76. The minimum absolute atomic E-state index is 0.0185. The Kier molecular flexibility index (Phi) is 5.10. The van der Waals surface area contributed by atoms with Gasteiger partial charge in [0.15, 0.2) is 0 Å². The number of ether oxygens (including phenoxy) is 1. The number of nitrogens with one attached hydrogen (secondary N) is 1. The van der Waals surface area contributed by atoms with Crippen LogP contribution in [0, 0.1) is 13.8 Å². The number of sulfonamides is 1. The SMILES string of the molecule is CCOc1c(C)cc(S(=O)(=O)NCC2(O)Cc3ccccc3C2)cc1C.